The van der Waals surface area contributed by atoms with Crippen molar-refractivity contribution >= 4 is 5.91 Å². The van der Waals surface area contributed by atoms with Crippen molar-refractivity contribution in [2.24, 2.45) is 5.18 Å². The van der Waals surface area contributed by atoms with E-state index < -0.39 is 0 Å². The molecule has 0 N–H and O–H groups in total. The zero-order chi connectivity index (χ0) is 15.4. The molecule has 1 amide bonds. The van der Waals surface area contributed by atoms with Gasteiger partial charge in [0.2, 0.25) is 0 Å². The van der Waals surface area contributed by atoms with Gasteiger partial charge < -0.3 is 4.74 Å². The Bertz CT molecular complexity index is 536. The van der Waals surface area contributed by atoms with Gasteiger partial charge in [-0.2, -0.15) is 0 Å². The normalized spacial score (nSPS) is 22.6. The second kappa shape index (κ2) is 6.49. The molecule has 0 aromatic carbocycles. The molecule has 0 spiro atoms. The number of hydrogen-bond donors (Lipinski definition) is 0. The van der Waals surface area contributed by atoms with Gasteiger partial charge in [-0.15, -0.1) is 4.91 Å². The highest BCUT2D eigenvalue weighted by Gasteiger charge is 2.44. The van der Waals surface area contributed by atoms with Crippen molar-refractivity contribution < 1.29 is 9.53 Å². The summed E-state index contributed by atoms with van der Waals surface area (Å²) in [7, 11) is 1.42. The van der Waals surface area contributed by atoms with Crippen LogP contribution < -0.4 is 0 Å². The third-order valence-corrected chi connectivity index (χ3v) is 3.73. The van der Waals surface area contributed by atoms with E-state index in [1.54, 1.807) is 17.2 Å². The van der Waals surface area contributed by atoms with Crippen LogP contribution in [0.3, 0.4) is 0 Å². The maximum Gasteiger partial charge on any atom is 0.274 e. The van der Waals surface area contributed by atoms with E-state index in [9.17, 15) is 9.70 Å². The Morgan fingerprint density at radius 1 is 1.57 bits per heavy atom. The Morgan fingerprint density at radius 3 is 2.95 bits per heavy atom. The lowest BCUT2D eigenvalue weighted by atomic mass is 10.0. The van der Waals surface area contributed by atoms with Crippen molar-refractivity contribution in [3.63, 3.8) is 0 Å². The topological polar surface area (TPSA) is 62.2 Å². The van der Waals surface area contributed by atoms with E-state index >= 15 is 0 Å². The summed E-state index contributed by atoms with van der Waals surface area (Å²) in [5, 5.41) is 6.61. The Morgan fingerprint density at radius 2 is 2.33 bits per heavy atom. The standard InChI is InChI=1S/C15H19N3O3/c1-4-5-6-9-18-15(19)13(11(2)21-3)14(16-20)12-8-7-10-17(12)18/h4-6,12H,1-2,7-10H2,3H3/b6-5+. The third kappa shape index (κ3) is 2.67. The molecule has 1 unspecified atom stereocenters. The van der Waals surface area contributed by atoms with Gasteiger partial charge in [0.15, 0.2) is 0 Å². The van der Waals surface area contributed by atoms with Crippen LogP contribution in [0, 0.1) is 4.91 Å². The van der Waals surface area contributed by atoms with Crippen molar-refractivity contribution in [1.82, 2.24) is 10.0 Å². The van der Waals surface area contributed by atoms with Crippen LogP contribution in [-0.2, 0) is 9.53 Å². The third-order valence-electron chi connectivity index (χ3n) is 3.73. The number of carbonyl (C=O) groups is 1. The summed E-state index contributed by atoms with van der Waals surface area (Å²) in [6, 6.07) is -0.181. The number of rotatable bonds is 6. The quantitative estimate of drug-likeness (QED) is 0.427. The van der Waals surface area contributed by atoms with E-state index in [4.69, 9.17) is 4.74 Å². The zero-order valence-corrected chi connectivity index (χ0v) is 12.1. The molecule has 2 aliphatic heterocycles. The first kappa shape index (κ1) is 15.2. The molecule has 2 heterocycles. The van der Waals surface area contributed by atoms with Crippen molar-refractivity contribution in [3.8, 4) is 0 Å². The number of nitrogens with zero attached hydrogens (tertiary/aromatic N) is 3. The molecule has 0 aliphatic carbocycles. The second-order valence-corrected chi connectivity index (χ2v) is 4.85. The fraction of sp³-hybridized carbons (Fsp3) is 0.400. The summed E-state index contributed by atoms with van der Waals surface area (Å²) >= 11 is 0. The van der Waals surface area contributed by atoms with Crippen molar-refractivity contribution in [2.45, 2.75) is 18.9 Å². The SMILES string of the molecule is C=C/C=C/CN1C(=O)C(C(=C)OC)=C(N=O)C2CCCN21. The summed E-state index contributed by atoms with van der Waals surface area (Å²) in [6.07, 6.45) is 6.97. The number of methoxy groups -OCH3 is 1. The molecule has 0 saturated carbocycles. The first-order chi connectivity index (χ1) is 10.2. The van der Waals surface area contributed by atoms with Crippen LogP contribution in [0.25, 0.3) is 0 Å². The Labute approximate surface area is 124 Å². The largest absolute Gasteiger partial charge is 0.496 e. The molecule has 1 saturated heterocycles. The highest BCUT2D eigenvalue weighted by atomic mass is 16.5. The summed E-state index contributed by atoms with van der Waals surface area (Å²) in [5.41, 5.74) is 0.413. The number of allylic oxidation sites excluding steroid dienone is 2. The average molecular weight is 289 g/mol. The Hall–Kier alpha value is -2.21. The monoisotopic (exact) mass is 289 g/mol. The lowest BCUT2D eigenvalue weighted by molar-refractivity contribution is -0.146. The van der Waals surface area contributed by atoms with Crippen LogP contribution in [-0.4, -0.2) is 42.2 Å². The number of nitroso groups, excluding NO2 is 1. The van der Waals surface area contributed by atoms with Crippen molar-refractivity contribution in [3.05, 3.63) is 53.3 Å². The first-order valence-corrected chi connectivity index (χ1v) is 6.82. The molecular formula is C15H19N3O3. The minimum atomic E-state index is -0.302. The zero-order valence-electron chi connectivity index (χ0n) is 12.1. The van der Waals surface area contributed by atoms with Gasteiger partial charge in [0.25, 0.3) is 5.91 Å². The number of hydrazine groups is 1. The van der Waals surface area contributed by atoms with E-state index in [1.807, 2.05) is 11.1 Å². The number of fused-ring (bicyclic) bond motifs is 1. The van der Waals surface area contributed by atoms with E-state index in [-0.39, 0.29) is 29.0 Å². The molecule has 2 rings (SSSR count). The maximum absolute atomic E-state index is 12.7. The van der Waals surface area contributed by atoms with E-state index in [0.717, 1.165) is 19.4 Å². The summed E-state index contributed by atoms with van der Waals surface area (Å²) in [6.45, 7) is 8.46. The smallest absolute Gasteiger partial charge is 0.274 e. The molecule has 1 fully saturated rings. The van der Waals surface area contributed by atoms with Crippen LogP contribution in [0.2, 0.25) is 0 Å². The van der Waals surface area contributed by atoms with Gasteiger partial charge in [0.05, 0.1) is 19.7 Å². The van der Waals surface area contributed by atoms with Crippen LogP contribution in [0.1, 0.15) is 12.8 Å². The van der Waals surface area contributed by atoms with Crippen LogP contribution in [0.15, 0.2) is 53.6 Å². The van der Waals surface area contributed by atoms with E-state index in [2.05, 4.69) is 18.3 Å². The van der Waals surface area contributed by atoms with Crippen LogP contribution >= 0.6 is 0 Å². The minimum absolute atomic E-state index is 0.179. The molecule has 1 atom stereocenters. The van der Waals surface area contributed by atoms with Gasteiger partial charge in [0, 0.05) is 6.54 Å². The molecule has 0 bridgehead atoms. The van der Waals surface area contributed by atoms with Gasteiger partial charge in [-0.05, 0) is 18.0 Å². The Balaban J connectivity index is 2.42. The van der Waals surface area contributed by atoms with Gasteiger partial charge in [0.1, 0.15) is 17.0 Å². The van der Waals surface area contributed by atoms with Crippen LogP contribution in [0.4, 0.5) is 0 Å². The Kier molecular flexibility index (Phi) is 4.70. The van der Waals surface area contributed by atoms with Crippen molar-refractivity contribution in [2.75, 3.05) is 20.2 Å². The van der Waals surface area contributed by atoms with E-state index in [1.165, 1.54) is 7.11 Å². The van der Waals surface area contributed by atoms with Gasteiger partial charge in [-0.3, -0.25) is 9.80 Å². The fourth-order valence-corrected chi connectivity index (χ4v) is 2.76. The molecule has 2 aliphatic rings. The molecule has 21 heavy (non-hydrogen) atoms. The predicted molar refractivity (Wildman–Crippen MR) is 79.7 cm³/mol. The van der Waals surface area contributed by atoms with Crippen LogP contribution in [0.5, 0.6) is 0 Å². The fourth-order valence-electron chi connectivity index (χ4n) is 2.76. The van der Waals surface area contributed by atoms with E-state index in [0.29, 0.717) is 6.54 Å². The van der Waals surface area contributed by atoms with Gasteiger partial charge >= 0.3 is 0 Å². The van der Waals surface area contributed by atoms with Crippen molar-refractivity contribution in [1.29, 1.82) is 0 Å². The number of carbonyl (C=O) groups excluding carboxylic acids is 1. The molecule has 112 valence electrons. The first-order valence-electron chi connectivity index (χ1n) is 6.82. The van der Waals surface area contributed by atoms with Gasteiger partial charge in [-0.1, -0.05) is 31.4 Å². The van der Waals surface area contributed by atoms with Gasteiger partial charge in [-0.25, -0.2) is 5.01 Å². The number of hydrogen-bond acceptors (Lipinski definition) is 5. The predicted octanol–water partition coefficient (Wildman–Crippen LogP) is 2.13. The molecule has 0 aromatic heterocycles. The number of amides is 1. The maximum atomic E-state index is 12.7. The lowest BCUT2D eigenvalue weighted by Gasteiger charge is -2.40. The highest BCUT2D eigenvalue weighted by Crippen LogP contribution is 2.35. The minimum Gasteiger partial charge on any atom is -0.496 e. The molecular weight excluding hydrogens is 270 g/mol. The lowest BCUT2D eigenvalue weighted by Crippen LogP contribution is -2.54. The number of ether oxygens (including phenoxy) is 1. The molecule has 6 nitrogen and oxygen atoms in total. The summed E-state index contributed by atoms with van der Waals surface area (Å²) in [4.78, 5) is 23.9. The molecule has 0 radical (unpaired) electrons. The summed E-state index contributed by atoms with van der Waals surface area (Å²) < 4.78 is 5.06. The molecule has 6 heteroatoms. The average Bonchev–Trinajstić information content (AvgIpc) is 2.97. The highest BCUT2D eigenvalue weighted by molar-refractivity contribution is 5.98. The summed E-state index contributed by atoms with van der Waals surface area (Å²) in [5.74, 6) is -0.123. The second-order valence-electron chi connectivity index (χ2n) is 4.85. The molecule has 0 aromatic rings.